The van der Waals surface area contributed by atoms with Crippen molar-refractivity contribution in [2.45, 2.75) is 39.0 Å². The molecule has 7 nitrogen and oxygen atoms in total. The van der Waals surface area contributed by atoms with Crippen LogP contribution < -0.4 is 10.9 Å². The van der Waals surface area contributed by atoms with Gasteiger partial charge in [0.1, 0.15) is 11.3 Å². The summed E-state index contributed by atoms with van der Waals surface area (Å²) in [7, 11) is 0. The Balaban J connectivity index is 1.67. The van der Waals surface area contributed by atoms with E-state index in [0.29, 0.717) is 39.1 Å². The van der Waals surface area contributed by atoms with Crippen LogP contribution in [0.4, 0.5) is 10.1 Å². The lowest BCUT2D eigenvalue weighted by Crippen LogP contribution is -2.26. The molecular formula is C24H23ClFN5O2S. The summed E-state index contributed by atoms with van der Waals surface area (Å²) >= 11 is 7.30. The number of halogens is 2. The molecule has 0 atom stereocenters. The molecule has 34 heavy (non-hydrogen) atoms. The van der Waals surface area contributed by atoms with Crippen LogP contribution in [-0.2, 0) is 17.9 Å². The smallest absolute Gasteiger partial charge is 0.280 e. The van der Waals surface area contributed by atoms with E-state index in [-0.39, 0.29) is 29.6 Å². The number of nitrogens with one attached hydrogen (secondary N) is 1. The van der Waals surface area contributed by atoms with Crippen molar-refractivity contribution in [3.05, 3.63) is 80.5 Å². The number of nitrogens with zero attached hydrogens (tertiary/aromatic N) is 4. The van der Waals surface area contributed by atoms with Crippen molar-refractivity contribution < 1.29 is 9.18 Å². The second-order valence-electron chi connectivity index (χ2n) is 7.76. The summed E-state index contributed by atoms with van der Waals surface area (Å²) in [6, 6.07) is 11.2. The lowest BCUT2D eigenvalue weighted by molar-refractivity contribution is -0.113. The molecule has 2 heterocycles. The zero-order chi connectivity index (χ0) is 24.4. The zero-order valence-corrected chi connectivity index (χ0v) is 20.5. The van der Waals surface area contributed by atoms with Gasteiger partial charge in [0.05, 0.1) is 18.0 Å². The van der Waals surface area contributed by atoms with Crippen LogP contribution in [0.5, 0.6) is 0 Å². The minimum Gasteiger partial charge on any atom is -0.325 e. The highest BCUT2D eigenvalue weighted by atomic mass is 35.5. The van der Waals surface area contributed by atoms with Crippen LogP contribution in [-0.4, -0.2) is 31.0 Å². The van der Waals surface area contributed by atoms with Crippen LogP contribution in [0.25, 0.3) is 11.0 Å². The van der Waals surface area contributed by atoms with E-state index in [2.05, 4.69) is 10.4 Å². The number of amides is 1. The van der Waals surface area contributed by atoms with Crippen molar-refractivity contribution in [2.24, 2.45) is 0 Å². The Morgan fingerprint density at radius 1 is 1.18 bits per heavy atom. The number of thioether (sulfide) groups is 1. The molecule has 10 heteroatoms. The van der Waals surface area contributed by atoms with Crippen molar-refractivity contribution in [2.75, 3.05) is 11.1 Å². The molecule has 1 amide bonds. The Hall–Kier alpha value is -3.17. The highest BCUT2D eigenvalue weighted by Crippen LogP contribution is 2.24. The van der Waals surface area contributed by atoms with Crippen molar-refractivity contribution in [1.82, 2.24) is 19.3 Å². The summed E-state index contributed by atoms with van der Waals surface area (Å²) < 4.78 is 16.5. The lowest BCUT2D eigenvalue weighted by Gasteiger charge is -2.13. The van der Waals surface area contributed by atoms with Gasteiger partial charge in [0.15, 0.2) is 10.7 Å². The van der Waals surface area contributed by atoms with E-state index in [1.54, 1.807) is 41.9 Å². The molecule has 2 aromatic carbocycles. The summed E-state index contributed by atoms with van der Waals surface area (Å²) in [4.78, 5) is 30.9. The van der Waals surface area contributed by atoms with Gasteiger partial charge in [-0.3, -0.25) is 18.8 Å². The maximum absolute atomic E-state index is 13.5. The maximum Gasteiger partial charge on any atom is 0.280 e. The van der Waals surface area contributed by atoms with E-state index in [1.807, 2.05) is 13.8 Å². The summed E-state index contributed by atoms with van der Waals surface area (Å²) in [5.41, 5.74) is 3.45. The summed E-state index contributed by atoms with van der Waals surface area (Å²) in [6.45, 7) is 6.24. The van der Waals surface area contributed by atoms with Crippen LogP contribution >= 0.6 is 23.4 Å². The number of aryl methyl sites for hydroxylation is 2. The van der Waals surface area contributed by atoms with E-state index in [4.69, 9.17) is 16.6 Å². The Morgan fingerprint density at radius 2 is 1.91 bits per heavy atom. The van der Waals surface area contributed by atoms with Crippen LogP contribution in [0.15, 0.2) is 52.4 Å². The number of benzene rings is 2. The Bertz CT molecular complexity index is 1430. The molecule has 0 saturated carbocycles. The summed E-state index contributed by atoms with van der Waals surface area (Å²) in [5, 5.41) is 8.24. The Morgan fingerprint density at radius 3 is 2.62 bits per heavy atom. The molecule has 176 valence electrons. The SMILES string of the molecule is CCn1nc(C)c2nc(SCC(=O)Nc3cccc(Cl)c3C)n(Cc3ccc(F)cc3)c(=O)c21. The van der Waals surface area contributed by atoms with Gasteiger partial charge in [-0.05, 0) is 56.2 Å². The number of carbonyl (C=O) groups is 1. The Kier molecular flexibility index (Phi) is 7.04. The standard InChI is InChI=1S/C24H23ClFN5O2S/c1-4-31-22-21(15(3)29-31)28-24(30(23(22)33)12-16-8-10-17(26)11-9-16)34-13-20(32)27-19-7-5-6-18(25)14(19)2/h5-11H,4,12-13H2,1-3H3,(H,27,32). The van der Waals surface area contributed by atoms with Crippen molar-refractivity contribution in [3.8, 4) is 0 Å². The first-order valence-corrected chi connectivity index (χ1v) is 12.0. The van der Waals surface area contributed by atoms with Gasteiger partial charge in [-0.1, -0.05) is 41.6 Å². The van der Waals surface area contributed by atoms with E-state index in [9.17, 15) is 14.0 Å². The van der Waals surface area contributed by atoms with Gasteiger partial charge >= 0.3 is 0 Å². The van der Waals surface area contributed by atoms with Gasteiger partial charge in [-0.2, -0.15) is 5.10 Å². The second kappa shape index (κ2) is 9.99. The monoisotopic (exact) mass is 499 g/mol. The van der Waals surface area contributed by atoms with Crippen LogP contribution in [0, 0.1) is 19.7 Å². The van der Waals surface area contributed by atoms with E-state index in [1.165, 1.54) is 16.7 Å². The molecule has 0 spiro atoms. The maximum atomic E-state index is 13.5. The molecule has 0 saturated heterocycles. The number of hydrogen-bond donors (Lipinski definition) is 1. The van der Waals surface area contributed by atoms with Crippen molar-refractivity contribution >= 4 is 46.0 Å². The zero-order valence-electron chi connectivity index (χ0n) is 18.9. The van der Waals surface area contributed by atoms with Gasteiger partial charge in [0.25, 0.3) is 5.56 Å². The summed E-state index contributed by atoms with van der Waals surface area (Å²) in [6.07, 6.45) is 0. The topological polar surface area (TPSA) is 81.8 Å². The fraction of sp³-hybridized carbons (Fsp3) is 0.250. The molecule has 4 rings (SSSR count). The first kappa shape index (κ1) is 24.0. The predicted octanol–water partition coefficient (Wildman–Crippen LogP) is 4.80. The molecule has 1 N–H and O–H groups in total. The molecule has 0 radical (unpaired) electrons. The number of fused-ring (bicyclic) bond motifs is 1. The molecule has 2 aromatic heterocycles. The van der Waals surface area contributed by atoms with Gasteiger partial charge in [-0.25, -0.2) is 9.37 Å². The first-order chi connectivity index (χ1) is 16.3. The number of hydrogen-bond acceptors (Lipinski definition) is 5. The first-order valence-electron chi connectivity index (χ1n) is 10.7. The molecule has 0 unspecified atom stereocenters. The quantitative estimate of drug-likeness (QED) is 0.292. The number of rotatable bonds is 7. The molecule has 4 aromatic rings. The van der Waals surface area contributed by atoms with Gasteiger partial charge in [0, 0.05) is 17.3 Å². The van der Waals surface area contributed by atoms with E-state index in [0.717, 1.165) is 22.9 Å². The van der Waals surface area contributed by atoms with Crippen LogP contribution in [0.3, 0.4) is 0 Å². The third-order valence-electron chi connectivity index (χ3n) is 5.41. The molecule has 0 fully saturated rings. The summed E-state index contributed by atoms with van der Waals surface area (Å²) in [5.74, 6) is -0.570. The minimum absolute atomic E-state index is 0.0360. The number of aromatic nitrogens is 4. The van der Waals surface area contributed by atoms with Crippen molar-refractivity contribution in [1.29, 1.82) is 0 Å². The van der Waals surface area contributed by atoms with Gasteiger partial charge < -0.3 is 5.32 Å². The Labute approximate surface area is 205 Å². The lowest BCUT2D eigenvalue weighted by atomic mass is 10.2. The predicted molar refractivity (Wildman–Crippen MR) is 133 cm³/mol. The molecule has 0 aliphatic rings. The minimum atomic E-state index is -0.355. The average Bonchev–Trinajstić information content (AvgIpc) is 3.14. The van der Waals surface area contributed by atoms with E-state index >= 15 is 0 Å². The highest BCUT2D eigenvalue weighted by Gasteiger charge is 2.19. The van der Waals surface area contributed by atoms with Gasteiger partial charge in [0.2, 0.25) is 5.91 Å². The number of anilines is 1. The average molecular weight is 500 g/mol. The fourth-order valence-corrected chi connectivity index (χ4v) is 4.56. The third kappa shape index (κ3) is 4.85. The third-order valence-corrected chi connectivity index (χ3v) is 6.80. The van der Waals surface area contributed by atoms with E-state index < -0.39 is 0 Å². The normalized spacial score (nSPS) is 11.2. The van der Waals surface area contributed by atoms with Gasteiger partial charge in [-0.15, -0.1) is 0 Å². The fourth-order valence-electron chi connectivity index (χ4n) is 3.60. The highest BCUT2D eigenvalue weighted by molar-refractivity contribution is 7.99. The van der Waals surface area contributed by atoms with Crippen molar-refractivity contribution in [3.63, 3.8) is 0 Å². The molecule has 0 aliphatic heterocycles. The molecular weight excluding hydrogens is 477 g/mol. The second-order valence-corrected chi connectivity index (χ2v) is 9.11. The largest absolute Gasteiger partial charge is 0.325 e. The van der Waals surface area contributed by atoms with Crippen LogP contribution in [0.1, 0.15) is 23.7 Å². The molecule has 0 bridgehead atoms. The van der Waals surface area contributed by atoms with Crippen LogP contribution in [0.2, 0.25) is 5.02 Å². The molecule has 0 aliphatic carbocycles. The number of carbonyl (C=O) groups excluding carboxylic acids is 1.